The van der Waals surface area contributed by atoms with E-state index >= 15 is 0 Å². The first kappa shape index (κ1) is 13.7. The van der Waals surface area contributed by atoms with Gasteiger partial charge in [-0.1, -0.05) is 11.6 Å². The van der Waals surface area contributed by atoms with Crippen LogP contribution < -0.4 is 15.0 Å². The highest BCUT2D eigenvalue weighted by Gasteiger charge is 2.34. The van der Waals surface area contributed by atoms with E-state index in [1.54, 1.807) is 24.1 Å². The maximum absolute atomic E-state index is 12.6. The Hall–Kier alpha value is -1.26. The predicted octanol–water partition coefficient (Wildman–Crippen LogP) is 2.60. The summed E-state index contributed by atoms with van der Waals surface area (Å²) in [5.74, 6) is 0.818. The molecule has 108 valence electrons. The smallest absolute Gasteiger partial charge is 0.244 e. The fourth-order valence-corrected chi connectivity index (χ4v) is 2.84. The Kier molecular flexibility index (Phi) is 3.85. The van der Waals surface area contributed by atoms with Crippen molar-refractivity contribution < 1.29 is 9.53 Å². The maximum atomic E-state index is 12.6. The molecule has 1 aromatic rings. The maximum Gasteiger partial charge on any atom is 0.244 e. The highest BCUT2D eigenvalue weighted by Crippen LogP contribution is 2.34. The summed E-state index contributed by atoms with van der Waals surface area (Å²) in [6.07, 6.45) is 4.27. The number of nitrogens with one attached hydrogen (secondary N) is 1. The summed E-state index contributed by atoms with van der Waals surface area (Å²) in [5.41, 5.74) is 0.771. The molecule has 1 aliphatic carbocycles. The van der Waals surface area contributed by atoms with Crippen molar-refractivity contribution in [1.82, 2.24) is 5.32 Å². The van der Waals surface area contributed by atoms with Crippen LogP contribution in [0.4, 0.5) is 5.69 Å². The minimum atomic E-state index is -0.0695. The highest BCUT2D eigenvalue weighted by molar-refractivity contribution is 6.31. The third-order valence-corrected chi connectivity index (χ3v) is 4.12. The number of ether oxygens (including phenoxy) is 1. The fourth-order valence-electron chi connectivity index (χ4n) is 2.68. The standard InChI is InChI=1S/C15H19ClN2O2/c1-20-14-7-4-10(16)9-13(14)18-8-2-3-12(15(18)19)17-11-5-6-11/h4,7,9,11-12,17H,2-3,5-6,8H2,1H3. The molecule has 1 saturated heterocycles. The minimum Gasteiger partial charge on any atom is -0.495 e. The largest absolute Gasteiger partial charge is 0.495 e. The Morgan fingerprint density at radius 1 is 1.35 bits per heavy atom. The van der Waals surface area contributed by atoms with Gasteiger partial charge >= 0.3 is 0 Å². The van der Waals surface area contributed by atoms with Gasteiger partial charge < -0.3 is 15.0 Å². The average Bonchev–Trinajstić information content (AvgIpc) is 3.25. The van der Waals surface area contributed by atoms with Crippen LogP contribution in [0.15, 0.2) is 18.2 Å². The van der Waals surface area contributed by atoms with Crippen molar-refractivity contribution in [3.63, 3.8) is 0 Å². The molecule has 0 radical (unpaired) electrons. The lowest BCUT2D eigenvalue weighted by molar-refractivity contribution is -0.121. The van der Waals surface area contributed by atoms with Crippen LogP contribution in [0.1, 0.15) is 25.7 Å². The summed E-state index contributed by atoms with van der Waals surface area (Å²) in [4.78, 5) is 14.4. The topological polar surface area (TPSA) is 41.6 Å². The summed E-state index contributed by atoms with van der Waals surface area (Å²) in [6, 6.07) is 5.85. The Bertz CT molecular complexity index is 517. The monoisotopic (exact) mass is 294 g/mol. The van der Waals surface area contributed by atoms with Crippen LogP contribution in [0.2, 0.25) is 5.02 Å². The van der Waals surface area contributed by atoms with Crippen molar-refractivity contribution in [3.05, 3.63) is 23.2 Å². The number of hydrogen-bond donors (Lipinski definition) is 1. The number of carbonyl (C=O) groups excluding carboxylic acids is 1. The lowest BCUT2D eigenvalue weighted by Gasteiger charge is -2.33. The summed E-state index contributed by atoms with van der Waals surface area (Å²) < 4.78 is 5.36. The zero-order valence-electron chi connectivity index (χ0n) is 11.6. The molecule has 3 rings (SSSR count). The van der Waals surface area contributed by atoms with E-state index in [-0.39, 0.29) is 11.9 Å². The van der Waals surface area contributed by atoms with E-state index in [0.29, 0.717) is 16.8 Å². The van der Waals surface area contributed by atoms with Crippen LogP contribution in [-0.4, -0.2) is 31.6 Å². The molecule has 1 aliphatic heterocycles. The van der Waals surface area contributed by atoms with Gasteiger partial charge in [0, 0.05) is 17.6 Å². The summed E-state index contributed by atoms with van der Waals surface area (Å²) >= 11 is 6.06. The number of rotatable bonds is 4. The van der Waals surface area contributed by atoms with Gasteiger partial charge in [0.1, 0.15) is 5.75 Å². The first-order valence-electron chi connectivity index (χ1n) is 7.10. The molecule has 1 unspecified atom stereocenters. The molecule has 2 fully saturated rings. The van der Waals surface area contributed by atoms with Crippen molar-refractivity contribution in [2.45, 2.75) is 37.8 Å². The molecule has 0 bridgehead atoms. The van der Waals surface area contributed by atoms with Crippen LogP contribution in [0, 0.1) is 0 Å². The van der Waals surface area contributed by atoms with Gasteiger partial charge in [0.2, 0.25) is 5.91 Å². The van der Waals surface area contributed by atoms with E-state index < -0.39 is 0 Å². The number of carbonyl (C=O) groups is 1. The number of halogens is 1. The predicted molar refractivity (Wildman–Crippen MR) is 79.5 cm³/mol. The van der Waals surface area contributed by atoms with Crippen molar-refractivity contribution in [3.8, 4) is 5.75 Å². The second kappa shape index (κ2) is 5.62. The molecule has 4 nitrogen and oxygen atoms in total. The van der Waals surface area contributed by atoms with Gasteiger partial charge in [-0.05, 0) is 43.9 Å². The molecular formula is C15H19ClN2O2. The summed E-state index contributed by atoms with van der Waals surface area (Å²) in [7, 11) is 1.61. The Balaban J connectivity index is 1.84. The van der Waals surface area contributed by atoms with Crippen molar-refractivity contribution in [1.29, 1.82) is 0 Å². The minimum absolute atomic E-state index is 0.0695. The van der Waals surface area contributed by atoms with Crippen LogP contribution >= 0.6 is 11.6 Å². The van der Waals surface area contributed by atoms with E-state index in [2.05, 4.69) is 5.32 Å². The van der Waals surface area contributed by atoms with Crippen LogP contribution in [-0.2, 0) is 4.79 Å². The van der Waals surface area contributed by atoms with Crippen LogP contribution in [0.3, 0.4) is 0 Å². The number of piperidine rings is 1. The zero-order valence-corrected chi connectivity index (χ0v) is 12.3. The third kappa shape index (κ3) is 2.76. The van der Waals surface area contributed by atoms with Gasteiger partial charge in [-0.2, -0.15) is 0 Å². The van der Waals surface area contributed by atoms with Gasteiger partial charge in [-0.3, -0.25) is 4.79 Å². The first-order chi connectivity index (χ1) is 9.69. The summed E-state index contributed by atoms with van der Waals surface area (Å²) in [5, 5.41) is 4.05. The van der Waals surface area contributed by atoms with Gasteiger partial charge in [0.05, 0.1) is 18.8 Å². The SMILES string of the molecule is COc1ccc(Cl)cc1N1CCCC(NC2CC2)C1=O. The molecule has 2 aliphatic rings. The lowest BCUT2D eigenvalue weighted by Crippen LogP contribution is -2.51. The molecule has 1 heterocycles. The fraction of sp³-hybridized carbons (Fsp3) is 0.533. The lowest BCUT2D eigenvalue weighted by atomic mass is 10.0. The number of methoxy groups -OCH3 is 1. The zero-order chi connectivity index (χ0) is 14.1. The van der Waals surface area contributed by atoms with E-state index in [0.717, 1.165) is 25.1 Å². The number of anilines is 1. The highest BCUT2D eigenvalue weighted by atomic mass is 35.5. The van der Waals surface area contributed by atoms with Gasteiger partial charge in [0.15, 0.2) is 0 Å². The molecule has 1 atom stereocenters. The molecule has 1 aromatic carbocycles. The van der Waals surface area contributed by atoms with Gasteiger partial charge in [-0.25, -0.2) is 0 Å². The van der Waals surface area contributed by atoms with E-state index in [4.69, 9.17) is 16.3 Å². The first-order valence-corrected chi connectivity index (χ1v) is 7.48. The summed E-state index contributed by atoms with van der Waals surface area (Å²) in [6.45, 7) is 0.721. The molecule has 1 saturated carbocycles. The average molecular weight is 295 g/mol. The van der Waals surface area contributed by atoms with Gasteiger partial charge in [-0.15, -0.1) is 0 Å². The van der Waals surface area contributed by atoms with Gasteiger partial charge in [0.25, 0.3) is 0 Å². The third-order valence-electron chi connectivity index (χ3n) is 3.88. The second-order valence-electron chi connectivity index (χ2n) is 5.44. The molecule has 1 N–H and O–H groups in total. The molecule has 5 heteroatoms. The quantitative estimate of drug-likeness (QED) is 0.928. The molecule has 1 amide bonds. The van der Waals surface area contributed by atoms with Crippen molar-refractivity contribution >= 4 is 23.2 Å². The molecule has 0 spiro atoms. The van der Waals surface area contributed by atoms with E-state index in [9.17, 15) is 4.79 Å². The second-order valence-corrected chi connectivity index (χ2v) is 5.88. The van der Waals surface area contributed by atoms with Crippen molar-refractivity contribution in [2.75, 3.05) is 18.6 Å². The Morgan fingerprint density at radius 3 is 2.85 bits per heavy atom. The number of benzene rings is 1. The number of hydrogen-bond acceptors (Lipinski definition) is 3. The van der Waals surface area contributed by atoms with Crippen LogP contribution in [0.25, 0.3) is 0 Å². The van der Waals surface area contributed by atoms with E-state index in [1.165, 1.54) is 12.8 Å². The molecule has 0 aromatic heterocycles. The normalized spacial score (nSPS) is 23.0. The van der Waals surface area contributed by atoms with Crippen LogP contribution in [0.5, 0.6) is 5.75 Å². The number of nitrogens with zero attached hydrogens (tertiary/aromatic N) is 1. The van der Waals surface area contributed by atoms with E-state index in [1.807, 2.05) is 6.07 Å². The molecular weight excluding hydrogens is 276 g/mol. The Morgan fingerprint density at radius 2 is 2.15 bits per heavy atom. The van der Waals surface area contributed by atoms with Crippen molar-refractivity contribution in [2.24, 2.45) is 0 Å². The Labute approximate surface area is 124 Å². The number of amides is 1. The molecule has 20 heavy (non-hydrogen) atoms.